The summed E-state index contributed by atoms with van der Waals surface area (Å²) in [5.74, 6) is -0.747. The standard InChI is InChI=1S/C14H25NO4/c1-3-11(2)15(9-13(16)17)12-4-6-19-14(8-12)5-7-18-10-14/h11-12H,3-10H2,1-2H3,(H,16,17). The second-order valence-electron chi connectivity index (χ2n) is 5.80. The fourth-order valence-electron chi connectivity index (χ4n) is 3.18. The lowest BCUT2D eigenvalue weighted by Gasteiger charge is -2.43. The van der Waals surface area contributed by atoms with E-state index in [2.05, 4.69) is 18.7 Å². The number of rotatable bonds is 5. The van der Waals surface area contributed by atoms with Gasteiger partial charge in [-0.1, -0.05) is 6.92 Å². The Bertz CT molecular complexity index is 315. The predicted octanol–water partition coefficient (Wildman–Crippen LogP) is 1.51. The van der Waals surface area contributed by atoms with Gasteiger partial charge in [0.1, 0.15) is 0 Å². The van der Waals surface area contributed by atoms with E-state index in [9.17, 15) is 4.79 Å². The summed E-state index contributed by atoms with van der Waals surface area (Å²) >= 11 is 0. The van der Waals surface area contributed by atoms with Crippen LogP contribution in [0, 0.1) is 0 Å². The van der Waals surface area contributed by atoms with Gasteiger partial charge in [0.2, 0.25) is 0 Å². The Morgan fingerprint density at radius 1 is 1.53 bits per heavy atom. The van der Waals surface area contributed by atoms with Gasteiger partial charge in [0.15, 0.2) is 0 Å². The molecule has 2 saturated heterocycles. The number of ether oxygens (including phenoxy) is 2. The average Bonchev–Trinajstić information content (AvgIpc) is 2.83. The van der Waals surface area contributed by atoms with Crippen molar-refractivity contribution in [3.05, 3.63) is 0 Å². The zero-order chi connectivity index (χ0) is 13.9. The van der Waals surface area contributed by atoms with Crippen molar-refractivity contribution in [2.24, 2.45) is 0 Å². The van der Waals surface area contributed by atoms with Crippen LogP contribution in [0.25, 0.3) is 0 Å². The number of hydrogen-bond acceptors (Lipinski definition) is 4. The summed E-state index contributed by atoms with van der Waals surface area (Å²) in [6, 6.07) is 0.583. The molecule has 0 saturated carbocycles. The molecule has 2 aliphatic heterocycles. The Labute approximate surface area is 114 Å². The molecule has 2 rings (SSSR count). The minimum atomic E-state index is -0.747. The van der Waals surface area contributed by atoms with E-state index in [1.54, 1.807) is 0 Å². The van der Waals surface area contributed by atoms with Crippen molar-refractivity contribution in [3.63, 3.8) is 0 Å². The van der Waals surface area contributed by atoms with Crippen molar-refractivity contribution in [1.82, 2.24) is 4.90 Å². The monoisotopic (exact) mass is 271 g/mol. The number of nitrogens with zero attached hydrogens (tertiary/aromatic N) is 1. The molecular formula is C14H25NO4. The van der Waals surface area contributed by atoms with Crippen LogP contribution in [0.15, 0.2) is 0 Å². The molecule has 1 N–H and O–H groups in total. The first-order valence-corrected chi connectivity index (χ1v) is 7.25. The Morgan fingerprint density at radius 2 is 2.32 bits per heavy atom. The summed E-state index contributed by atoms with van der Waals surface area (Å²) in [6.07, 6.45) is 3.71. The van der Waals surface area contributed by atoms with Gasteiger partial charge in [0.25, 0.3) is 0 Å². The molecule has 2 aliphatic rings. The van der Waals surface area contributed by atoms with Gasteiger partial charge in [-0.05, 0) is 26.2 Å². The van der Waals surface area contributed by atoms with Crippen molar-refractivity contribution >= 4 is 5.97 Å². The quantitative estimate of drug-likeness (QED) is 0.821. The maximum atomic E-state index is 11.1. The largest absolute Gasteiger partial charge is 0.480 e. The van der Waals surface area contributed by atoms with Crippen LogP contribution in [0.5, 0.6) is 0 Å². The molecule has 0 radical (unpaired) electrons. The van der Waals surface area contributed by atoms with Crippen molar-refractivity contribution in [2.75, 3.05) is 26.4 Å². The van der Waals surface area contributed by atoms with Crippen LogP contribution in [0.2, 0.25) is 0 Å². The van der Waals surface area contributed by atoms with Crippen molar-refractivity contribution < 1.29 is 19.4 Å². The van der Waals surface area contributed by atoms with Crippen molar-refractivity contribution in [1.29, 1.82) is 0 Å². The van der Waals surface area contributed by atoms with E-state index >= 15 is 0 Å². The maximum absolute atomic E-state index is 11.1. The zero-order valence-corrected chi connectivity index (χ0v) is 11.9. The lowest BCUT2D eigenvalue weighted by Crippen LogP contribution is -2.52. The predicted molar refractivity (Wildman–Crippen MR) is 71.2 cm³/mol. The Hall–Kier alpha value is -0.650. The molecule has 110 valence electrons. The molecule has 0 aromatic carbocycles. The molecule has 1 spiro atoms. The molecule has 2 fully saturated rings. The topological polar surface area (TPSA) is 59.0 Å². The van der Waals surface area contributed by atoms with Crippen molar-refractivity contribution in [2.45, 2.75) is 57.2 Å². The van der Waals surface area contributed by atoms with Gasteiger partial charge in [0.05, 0.1) is 18.8 Å². The summed E-state index contributed by atoms with van der Waals surface area (Å²) < 4.78 is 11.4. The molecule has 0 aromatic heterocycles. The Kier molecular flexibility index (Phi) is 4.81. The molecule has 0 aromatic rings. The van der Waals surface area contributed by atoms with E-state index in [1.807, 2.05) is 0 Å². The van der Waals surface area contributed by atoms with Crippen LogP contribution in [-0.2, 0) is 14.3 Å². The lowest BCUT2D eigenvalue weighted by molar-refractivity contribution is -0.144. The van der Waals surface area contributed by atoms with Gasteiger partial charge in [0, 0.05) is 31.7 Å². The minimum Gasteiger partial charge on any atom is -0.480 e. The third-order valence-electron chi connectivity index (χ3n) is 4.48. The highest BCUT2D eigenvalue weighted by Gasteiger charge is 2.43. The number of carboxylic acids is 1. The maximum Gasteiger partial charge on any atom is 0.317 e. The smallest absolute Gasteiger partial charge is 0.317 e. The van der Waals surface area contributed by atoms with E-state index in [0.717, 1.165) is 32.3 Å². The van der Waals surface area contributed by atoms with Gasteiger partial charge >= 0.3 is 5.97 Å². The van der Waals surface area contributed by atoms with E-state index < -0.39 is 5.97 Å². The number of carboxylic acid groups (broad SMARTS) is 1. The fraction of sp³-hybridized carbons (Fsp3) is 0.929. The van der Waals surface area contributed by atoms with Crippen LogP contribution < -0.4 is 0 Å². The molecular weight excluding hydrogens is 246 g/mol. The van der Waals surface area contributed by atoms with Crippen LogP contribution in [0.4, 0.5) is 0 Å². The summed E-state index contributed by atoms with van der Waals surface area (Å²) in [5, 5.41) is 9.12. The van der Waals surface area contributed by atoms with Gasteiger partial charge in [-0.25, -0.2) is 0 Å². The van der Waals surface area contributed by atoms with E-state index in [-0.39, 0.29) is 12.1 Å². The highest BCUT2D eigenvalue weighted by atomic mass is 16.6. The van der Waals surface area contributed by atoms with Crippen LogP contribution >= 0.6 is 0 Å². The van der Waals surface area contributed by atoms with Gasteiger partial charge in [-0.15, -0.1) is 0 Å². The molecule has 5 heteroatoms. The zero-order valence-electron chi connectivity index (χ0n) is 11.9. The van der Waals surface area contributed by atoms with E-state index in [0.29, 0.717) is 25.3 Å². The molecule has 3 atom stereocenters. The third-order valence-corrected chi connectivity index (χ3v) is 4.48. The first-order valence-electron chi connectivity index (χ1n) is 7.25. The van der Waals surface area contributed by atoms with Crippen LogP contribution in [0.3, 0.4) is 0 Å². The molecule has 0 amide bonds. The van der Waals surface area contributed by atoms with Gasteiger partial charge in [-0.3, -0.25) is 9.69 Å². The summed E-state index contributed by atoms with van der Waals surface area (Å²) in [7, 11) is 0. The van der Waals surface area contributed by atoms with E-state index in [1.165, 1.54) is 0 Å². The lowest BCUT2D eigenvalue weighted by atomic mass is 9.88. The molecule has 0 bridgehead atoms. The summed E-state index contributed by atoms with van der Waals surface area (Å²) in [4.78, 5) is 13.2. The number of hydrogen-bond donors (Lipinski definition) is 1. The summed E-state index contributed by atoms with van der Waals surface area (Å²) in [6.45, 7) is 6.46. The van der Waals surface area contributed by atoms with E-state index in [4.69, 9.17) is 14.6 Å². The molecule has 0 aliphatic carbocycles. The first-order chi connectivity index (χ1) is 9.06. The average molecular weight is 271 g/mol. The second-order valence-corrected chi connectivity index (χ2v) is 5.80. The third kappa shape index (κ3) is 3.46. The molecule has 5 nitrogen and oxygen atoms in total. The molecule has 19 heavy (non-hydrogen) atoms. The van der Waals surface area contributed by atoms with Crippen molar-refractivity contribution in [3.8, 4) is 0 Å². The highest BCUT2D eigenvalue weighted by molar-refractivity contribution is 5.69. The number of aliphatic carboxylic acids is 1. The fourth-order valence-corrected chi connectivity index (χ4v) is 3.18. The SMILES string of the molecule is CCC(C)N(CC(=O)O)C1CCOC2(CCOC2)C1. The highest BCUT2D eigenvalue weighted by Crippen LogP contribution is 2.35. The minimum absolute atomic E-state index is 0.122. The Balaban J connectivity index is 2.05. The van der Waals surface area contributed by atoms with Crippen LogP contribution in [0.1, 0.15) is 39.5 Å². The second kappa shape index (κ2) is 6.20. The number of carbonyl (C=O) groups is 1. The molecule has 2 heterocycles. The Morgan fingerprint density at radius 3 is 2.89 bits per heavy atom. The van der Waals surface area contributed by atoms with Gasteiger partial charge < -0.3 is 14.6 Å². The van der Waals surface area contributed by atoms with Crippen LogP contribution in [-0.4, -0.2) is 60.0 Å². The normalized spacial score (nSPS) is 32.9. The van der Waals surface area contributed by atoms with Gasteiger partial charge in [-0.2, -0.15) is 0 Å². The summed E-state index contributed by atoms with van der Waals surface area (Å²) in [5.41, 5.74) is -0.160. The first kappa shape index (κ1) is 14.8. The molecule has 3 unspecified atom stereocenters.